The van der Waals surface area contributed by atoms with Gasteiger partial charge in [0.1, 0.15) is 5.82 Å². The summed E-state index contributed by atoms with van der Waals surface area (Å²) in [6, 6.07) is 1.72. The number of piperidine rings is 1. The number of pyridine rings is 1. The molecule has 0 bridgehead atoms. The molecule has 2 saturated heterocycles. The van der Waals surface area contributed by atoms with Gasteiger partial charge in [0.15, 0.2) is 0 Å². The normalized spacial score (nSPS) is 19.9. The molecular formula is C16H21Cl2N3O2. The highest BCUT2D eigenvalue weighted by Crippen LogP contribution is 2.30. The molecule has 3 heterocycles. The second-order valence-electron chi connectivity index (χ2n) is 6.09. The molecule has 0 unspecified atom stereocenters. The van der Waals surface area contributed by atoms with Crippen LogP contribution in [-0.4, -0.2) is 55.2 Å². The second-order valence-corrected chi connectivity index (χ2v) is 6.93. The summed E-state index contributed by atoms with van der Waals surface area (Å²) in [7, 11) is 0. The van der Waals surface area contributed by atoms with E-state index in [4.69, 9.17) is 27.9 Å². The number of carbonyl (C=O) groups is 1. The molecule has 0 radical (unpaired) electrons. The molecule has 0 aliphatic carbocycles. The van der Waals surface area contributed by atoms with Crippen molar-refractivity contribution < 1.29 is 9.53 Å². The molecule has 1 aromatic rings. The summed E-state index contributed by atoms with van der Waals surface area (Å²) in [5, 5.41) is 1.13. The largest absolute Gasteiger partial charge is 0.378 e. The first-order valence-electron chi connectivity index (χ1n) is 8.05. The molecule has 0 saturated carbocycles. The molecule has 0 atom stereocenters. The molecule has 23 heavy (non-hydrogen) atoms. The zero-order valence-corrected chi connectivity index (χ0v) is 14.5. The molecule has 1 aromatic heterocycles. The average Bonchev–Trinajstić information content (AvgIpc) is 2.57. The van der Waals surface area contributed by atoms with Crippen LogP contribution >= 0.6 is 23.2 Å². The number of carbonyl (C=O) groups excluding carboxylic acids is 1. The van der Waals surface area contributed by atoms with Crippen molar-refractivity contribution in [2.24, 2.45) is 5.92 Å². The van der Waals surface area contributed by atoms with Crippen molar-refractivity contribution in [3.05, 3.63) is 22.3 Å². The van der Waals surface area contributed by atoms with Crippen LogP contribution in [0.4, 0.5) is 5.82 Å². The Morgan fingerprint density at radius 3 is 2.57 bits per heavy atom. The summed E-state index contributed by atoms with van der Waals surface area (Å²) in [4.78, 5) is 20.8. The third kappa shape index (κ3) is 4.28. The minimum Gasteiger partial charge on any atom is -0.378 e. The van der Waals surface area contributed by atoms with E-state index in [0.29, 0.717) is 35.6 Å². The van der Waals surface area contributed by atoms with E-state index in [2.05, 4.69) is 9.88 Å². The zero-order valence-electron chi connectivity index (χ0n) is 13.0. The summed E-state index contributed by atoms with van der Waals surface area (Å²) < 4.78 is 5.29. The zero-order chi connectivity index (χ0) is 16.2. The molecule has 3 rings (SSSR count). The van der Waals surface area contributed by atoms with Crippen molar-refractivity contribution in [3.63, 3.8) is 0 Å². The maximum absolute atomic E-state index is 12.3. The molecule has 0 N–H and O–H groups in total. The lowest BCUT2D eigenvalue weighted by molar-refractivity contribution is -0.136. The van der Waals surface area contributed by atoms with E-state index >= 15 is 0 Å². The van der Waals surface area contributed by atoms with Gasteiger partial charge in [0.05, 0.1) is 23.3 Å². The fraction of sp³-hybridized carbons (Fsp3) is 0.625. The van der Waals surface area contributed by atoms with E-state index in [9.17, 15) is 4.79 Å². The van der Waals surface area contributed by atoms with Crippen LogP contribution in [0.5, 0.6) is 0 Å². The predicted octanol–water partition coefficient (Wildman–Crippen LogP) is 2.85. The van der Waals surface area contributed by atoms with Gasteiger partial charge in [-0.2, -0.15) is 0 Å². The monoisotopic (exact) mass is 357 g/mol. The Hall–Kier alpha value is -1.04. The number of morpholine rings is 1. The summed E-state index contributed by atoms with van der Waals surface area (Å²) in [5.41, 5.74) is 0. The summed E-state index contributed by atoms with van der Waals surface area (Å²) in [6.07, 6.45) is 4.22. The third-order valence-electron chi connectivity index (χ3n) is 4.53. The van der Waals surface area contributed by atoms with Gasteiger partial charge >= 0.3 is 0 Å². The maximum atomic E-state index is 12.3. The first kappa shape index (κ1) is 16.8. The number of amides is 1. The second kappa shape index (κ2) is 7.69. The quantitative estimate of drug-likeness (QED) is 0.834. The van der Waals surface area contributed by atoms with Gasteiger partial charge in [0, 0.05) is 38.8 Å². The van der Waals surface area contributed by atoms with Crippen molar-refractivity contribution in [2.75, 3.05) is 44.3 Å². The van der Waals surface area contributed by atoms with Crippen LogP contribution in [0.15, 0.2) is 12.3 Å². The lowest BCUT2D eigenvalue weighted by Crippen LogP contribution is -2.42. The predicted molar refractivity (Wildman–Crippen MR) is 91.2 cm³/mol. The minimum atomic E-state index is 0.259. The van der Waals surface area contributed by atoms with Crippen molar-refractivity contribution in [2.45, 2.75) is 19.3 Å². The Labute approximate surface area is 146 Å². The number of rotatable bonds is 3. The molecule has 0 aromatic carbocycles. The summed E-state index contributed by atoms with van der Waals surface area (Å²) >= 11 is 12.1. The smallest absolute Gasteiger partial charge is 0.223 e. The fourth-order valence-electron chi connectivity index (χ4n) is 3.18. The average molecular weight is 358 g/mol. The number of hydrogen-bond donors (Lipinski definition) is 0. The van der Waals surface area contributed by atoms with E-state index in [1.807, 2.05) is 4.90 Å². The Balaban J connectivity index is 1.51. The van der Waals surface area contributed by atoms with E-state index in [1.165, 1.54) is 0 Å². The van der Waals surface area contributed by atoms with Gasteiger partial charge in [0.25, 0.3) is 0 Å². The molecule has 2 aliphatic rings. The third-order valence-corrected chi connectivity index (χ3v) is 5.01. The van der Waals surface area contributed by atoms with Gasteiger partial charge in [-0.3, -0.25) is 4.79 Å². The standard InChI is InChI=1S/C16H21Cl2N3O2/c17-13-10-14(18)16(19-11-13)21-3-1-12(2-4-21)9-15(22)20-5-7-23-8-6-20/h10-12H,1-9H2. The Morgan fingerprint density at radius 1 is 1.22 bits per heavy atom. The summed E-state index contributed by atoms with van der Waals surface area (Å²) in [6.45, 7) is 4.50. The van der Waals surface area contributed by atoms with Crippen molar-refractivity contribution in [1.82, 2.24) is 9.88 Å². The number of anilines is 1. The molecule has 2 fully saturated rings. The topological polar surface area (TPSA) is 45.7 Å². The van der Waals surface area contributed by atoms with Crippen LogP contribution in [0.25, 0.3) is 0 Å². The van der Waals surface area contributed by atoms with Crippen LogP contribution in [-0.2, 0) is 9.53 Å². The van der Waals surface area contributed by atoms with Crippen LogP contribution in [0.3, 0.4) is 0 Å². The highest BCUT2D eigenvalue weighted by atomic mass is 35.5. The fourth-order valence-corrected chi connectivity index (χ4v) is 3.68. The minimum absolute atomic E-state index is 0.259. The number of nitrogens with zero attached hydrogens (tertiary/aromatic N) is 3. The Kier molecular flexibility index (Phi) is 5.62. The first-order chi connectivity index (χ1) is 11.1. The van der Waals surface area contributed by atoms with Crippen molar-refractivity contribution in [1.29, 1.82) is 0 Å². The van der Waals surface area contributed by atoms with E-state index in [0.717, 1.165) is 44.8 Å². The molecule has 1 amide bonds. The molecule has 5 nitrogen and oxygen atoms in total. The maximum Gasteiger partial charge on any atom is 0.223 e. The molecule has 2 aliphatic heterocycles. The van der Waals surface area contributed by atoms with Gasteiger partial charge < -0.3 is 14.5 Å². The molecular weight excluding hydrogens is 337 g/mol. The van der Waals surface area contributed by atoms with Crippen LogP contribution in [0.1, 0.15) is 19.3 Å². The van der Waals surface area contributed by atoms with Gasteiger partial charge in [-0.15, -0.1) is 0 Å². The number of aromatic nitrogens is 1. The van der Waals surface area contributed by atoms with Crippen molar-refractivity contribution >= 4 is 34.9 Å². The van der Waals surface area contributed by atoms with Crippen LogP contribution in [0.2, 0.25) is 10.0 Å². The lowest BCUT2D eigenvalue weighted by Gasteiger charge is -2.34. The van der Waals surface area contributed by atoms with E-state index < -0.39 is 0 Å². The molecule has 126 valence electrons. The Bertz CT molecular complexity index is 556. The highest BCUT2D eigenvalue weighted by molar-refractivity contribution is 6.36. The molecule has 7 heteroatoms. The molecule has 0 spiro atoms. The van der Waals surface area contributed by atoms with Crippen LogP contribution in [0, 0.1) is 5.92 Å². The van der Waals surface area contributed by atoms with Gasteiger partial charge in [-0.05, 0) is 24.8 Å². The number of halogens is 2. The first-order valence-corrected chi connectivity index (χ1v) is 8.80. The number of hydrogen-bond acceptors (Lipinski definition) is 4. The van der Waals surface area contributed by atoms with E-state index in [-0.39, 0.29) is 5.91 Å². The number of ether oxygens (including phenoxy) is 1. The van der Waals surface area contributed by atoms with Gasteiger partial charge in [0.2, 0.25) is 5.91 Å². The van der Waals surface area contributed by atoms with Crippen LogP contribution < -0.4 is 4.90 Å². The lowest BCUT2D eigenvalue weighted by atomic mass is 9.93. The highest BCUT2D eigenvalue weighted by Gasteiger charge is 2.26. The Morgan fingerprint density at radius 2 is 1.91 bits per heavy atom. The van der Waals surface area contributed by atoms with Crippen molar-refractivity contribution in [3.8, 4) is 0 Å². The van der Waals surface area contributed by atoms with E-state index in [1.54, 1.807) is 12.3 Å². The summed E-state index contributed by atoms with van der Waals surface area (Å²) in [5.74, 6) is 1.48. The SMILES string of the molecule is O=C(CC1CCN(c2ncc(Cl)cc2Cl)CC1)N1CCOCC1. The van der Waals surface area contributed by atoms with Gasteiger partial charge in [-0.1, -0.05) is 23.2 Å². The van der Waals surface area contributed by atoms with Gasteiger partial charge in [-0.25, -0.2) is 4.98 Å².